The van der Waals surface area contributed by atoms with Crippen molar-refractivity contribution in [1.82, 2.24) is 15.3 Å². The summed E-state index contributed by atoms with van der Waals surface area (Å²) >= 11 is 0. The van der Waals surface area contributed by atoms with Gasteiger partial charge in [0.2, 0.25) is 0 Å². The Labute approximate surface area is 147 Å². The first-order valence-corrected chi connectivity index (χ1v) is 8.57. The molecule has 0 bridgehead atoms. The standard InChI is InChI=1S/C21H19N3O/c25-21(24-19-12-6-10-15-7-4-5-11-18(15)19)17-13-22-20(23-14-17)16-8-2-1-3-9-16/h1-5,7-9,11,13-14,19H,6,10,12H2,(H,24,25). The predicted molar refractivity (Wildman–Crippen MR) is 97.1 cm³/mol. The summed E-state index contributed by atoms with van der Waals surface area (Å²) in [5, 5.41) is 3.13. The van der Waals surface area contributed by atoms with Gasteiger partial charge in [-0.3, -0.25) is 4.79 Å². The summed E-state index contributed by atoms with van der Waals surface area (Å²) < 4.78 is 0. The van der Waals surface area contributed by atoms with Crippen molar-refractivity contribution in [1.29, 1.82) is 0 Å². The van der Waals surface area contributed by atoms with Gasteiger partial charge in [-0.1, -0.05) is 54.6 Å². The molecular weight excluding hydrogens is 310 g/mol. The zero-order valence-corrected chi connectivity index (χ0v) is 13.9. The van der Waals surface area contributed by atoms with Crippen LogP contribution in [0.25, 0.3) is 11.4 Å². The number of amides is 1. The van der Waals surface area contributed by atoms with E-state index in [2.05, 4.69) is 33.5 Å². The van der Waals surface area contributed by atoms with Crippen molar-refractivity contribution in [3.63, 3.8) is 0 Å². The van der Waals surface area contributed by atoms with Gasteiger partial charge in [-0.15, -0.1) is 0 Å². The highest BCUT2D eigenvalue weighted by atomic mass is 16.1. The average molecular weight is 329 g/mol. The molecule has 3 aromatic rings. The van der Waals surface area contributed by atoms with E-state index in [9.17, 15) is 4.79 Å². The van der Waals surface area contributed by atoms with Crippen LogP contribution in [0.15, 0.2) is 67.0 Å². The van der Waals surface area contributed by atoms with Gasteiger partial charge in [0.25, 0.3) is 5.91 Å². The Morgan fingerprint density at radius 1 is 0.960 bits per heavy atom. The molecule has 1 aliphatic carbocycles. The second-order valence-corrected chi connectivity index (χ2v) is 6.28. The molecule has 4 nitrogen and oxygen atoms in total. The minimum absolute atomic E-state index is 0.0613. The number of aromatic nitrogens is 2. The van der Waals surface area contributed by atoms with E-state index in [4.69, 9.17) is 0 Å². The van der Waals surface area contributed by atoms with Gasteiger partial charge < -0.3 is 5.32 Å². The van der Waals surface area contributed by atoms with Crippen LogP contribution in [-0.2, 0) is 6.42 Å². The Morgan fingerprint density at radius 3 is 2.48 bits per heavy atom. The first-order chi connectivity index (χ1) is 12.3. The van der Waals surface area contributed by atoms with Gasteiger partial charge >= 0.3 is 0 Å². The van der Waals surface area contributed by atoms with Crippen LogP contribution >= 0.6 is 0 Å². The molecule has 0 aliphatic heterocycles. The Bertz CT molecular complexity index is 875. The van der Waals surface area contributed by atoms with Crippen molar-refractivity contribution < 1.29 is 4.79 Å². The van der Waals surface area contributed by atoms with Crippen molar-refractivity contribution in [2.24, 2.45) is 0 Å². The highest BCUT2D eigenvalue weighted by Gasteiger charge is 2.22. The quantitative estimate of drug-likeness (QED) is 0.791. The first-order valence-electron chi connectivity index (χ1n) is 8.57. The molecular formula is C21H19N3O. The minimum Gasteiger partial charge on any atom is -0.345 e. The van der Waals surface area contributed by atoms with Crippen LogP contribution in [0.2, 0.25) is 0 Å². The van der Waals surface area contributed by atoms with E-state index in [0.29, 0.717) is 11.4 Å². The lowest BCUT2D eigenvalue weighted by Crippen LogP contribution is -2.31. The number of benzene rings is 2. The van der Waals surface area contributed by atoms with Gasteiger partial charge in [-0.25, -0.2) is 9.97 Å². The number of fused-ring (bicyclic) bond motifs is 1. The first kappa shape index (κ1) is 15.5. The third kappa shape index (κ3) is 3.29. The molecule has 1 unspecified atom stereocenters. The lowest BCUT2D eigenvalue weighted by Gasteiger charge is -2.26. The molecule has 1 N–H and O–H groups in total. The van der Waals surface area contributed by atoms with Crippen molar-refractivity contribution in [2.45, 2.75) is 25.3 Å². The monoisotopic (exact) mass is 329 g/mol. The van der Waals surface area contributed by atoms with Gasteiger partial charge in [-0.05, 0) is 30.4 Å². The molecule has 0 fully saturated rings. The van der Waals surface area contributed by atoms with E-state index in [-0.39, 0.29) is 11.9 Å². The van der Waals surface area contributed by atoms with E-state index in [1.54, 1.807) is 12.4 Å². The maximum atomic E-state index is 12.6. The molecule has 0 saturated heterocycles. The predicted octanol–water partition coefficient (Wildman–Crippen LogP) is 3.95. The molecule has 2 aromatic carbocycles. The number of hydrogen-bond donors (Lipinski definition) is 1. The van der Waals surface area contributed by atoms with Crippen molar-refractivity contribution >= 4 is 5.91 Å². The summed E-state index contributed by atoms with van der Waals surface area (Å²) in [6, 6.07) is 18.1. The molecule has 0 radical (unpaired) electrons. The lowest BCUT2D eigenvalue weighted by molar-refractivity contribution is 0.0932. The fourth-order valence-corrected chi connectivity index (χ4v) is 3.33. The molecule has 4 heteroatoms. The van der Waals surface area contributed by atoms with Gasteiger partial charge in [0.1, 0.15) is 0 Å². The number of nitrogens with zero attached hydrogens (tertiary/aromatic N) is 2. The number of carbonyl (C=O) groups excluding carboxylic acids is 1. The van der Waals surface area contributed by atoms with Crippen molar-refractivity contribution in [3.05, 3.63) is 83.7 Å². The van der Waals surface area contributed by atoms with E-state index < -0.39 is 0 Å². The third-order valence-corrected chi connectivity index (χ3v) is 4.62. The third-order valence-electron chi connectivity index (χ3n) is 4.62. The number of nitrogens with one attached hydrogen (secondary N) is 1. The number of hydrogen-bond acceptors (Lipinski definition) is 3. The fourth-order valence-electron chi connectivity index (χ4n) is 3.33. The van der Waals surface area contributed by atoms with Gasteiger partial charge in [-0.2, -0.15) is 0 Å². The summed E-state index contributed by atoms with van der Waals surface area (Å²) in [5.41, 5.74) is 3.98. The molecule has 1 aromatic heterocycles. The van der Waals surface area contributed by atoms with Crippen LogP contribution in [0.1, 0.15) is 40.4 Å². The summed E-state index contributed by atoms with van der Waals surface area (Å²) in [7, 11) is 0. The highest BCUT2D eigenvalue weighted by Crippen LogP contribution is 2.29. The van der Waals surface area contributed by atoms with Gasteiger partial charge in [0, 0.05) is 18.0 Å². The topological polar surface area (TPSA) is 54.9 Å². The second kappa shape index (κ2) is 6.85. The fraction of sp³-hybridized carbons (Fsp3) is 0.190. The lowest BCUT2D eigenvalue weighted by atomic mass is 9.87. The number of carbonyl (C=O) groups is 1. The van der Waals surface area contributed by atoms with Crippen LogP contribution < -0.4 is 5.32 Å². The molecule has 124 valence electrons. The van der Waals surface area contributed by atoms with Crippen LogP contribution in [0, 0.1) is 0 Å². The minimum atomic E-state index is -0.124. The molecule has 1 heterocycles. The Balaban J connectivity index is 1.51. The van der Waals surface area contributed by atoms with Crippen molar-refractivity contribution in [3.8, 4) is 11.4 Å². The van der Waals surface area contributed by atoms with Crippen LogP contribution in [0.4, 0.5) is 0 Å². The second-order valence-electron chi connectivity index (χ2n) is 6.28. The number of aryl methyl sites for hydroxylation is 1. The molecule has 1 atom stereocenters. The zero-order chi connectivity index (χ0) is 17.1. The molecule has 0 saturated carbocycles. The van der Waals surface area contributed by atoms with Crippen LogP contribution in [0.3, 0.4) is 0 Å². The van der Waals surface area contributed by atoms with E-state index in [1.807, 2.05) is 36.4 Å². The summed E-state index contributed by atoms with van der Waals surface area (Å²) in [6.45, 7) is 0. The SMILES string of the molecule is O=C(NC1CCCc2ccccc21)c1cnc(-c2ccccc2)nc1. The smallest absolute Gasteiger partial charge is 0.254 e. The Morgan fingerprint density at radius 2 is 1.68 bits per heavy atom. The molecule has 25 heavy (non-hydrogen) atoms. The normalized spacial score (nSPS) is 16.1. The molecule has 4 rings (SSSR count). The summed E-state index contributed by atoms with van der Waals surface area (Å²) in [4.78, 5) is 21.3. The van der Waals surface area contributed by atoms with E-state index >= 15 is 0 Å². The molecule has 1 amide bonds. The molecule has 1 aliphatic rings. The Hall–Kier alpha value is -3.01. The van der Waals surface area contributed by atoms with E-state index in [0.717, 1.165) is 24.8 Å². The molecule has 0 spiro atoms. The van der Waals surface area contributed by atoms with Gasteiger partial charge in [0.05, 0.1) is 11.6 Å². The largest absolute Gasteiger partial charge is 0.345 e. The summed E-state index contributed by atoms with van der Waals surface area (Å²) in [5.74, 6) is 0.501. The van der Waals surface area contributed by atoms with Crippen LogP contribution in [-0.4, -0.2) is 15.9 Å². The van der Waals surface area contributed by atoms with Gasteiger partial charge in [0.15, 0.2) is 5.82 Å². The average Bonchev–Trinajstić information content (AvgIpc) is 2.69. The maximum Gasteiger partial charge on any atom is 0.254 e. The highest BCUT2D eigenvalue weighted by molar-refractivity contribution is 5.94. The van der Waals surface area contributed by atoms with E-state index in [1.165, 1.54) is 11.1 Å². The summed E-state index contributed by atoms with van der Waals surface area (Å²) in [6.07, 6.45) is 6.33. The van der Waals surface area contributed by atoms with Crippen LogP contribution in [0.5, 0.6) is 0 Å². The number of rotatable bonds is 3. The maximum absolute atomic E-state index is 12.6. The van der Waals surface area contributed by atoms with Crippen molar-refractivity contribution in [2.75, 3.05) is 0 Å². The Kier molecular flexibility index (Phi) is 4.25. The zero-order valence-electron chi connectivity index (χ0n) is 13.9.